The quantitative estimate of drug-likeness (QED) is 0.447. The van der Waals surface area contributed by atoms with Crippen molar-refractivity contribution in [3.63, 3.8) is 0 Å². The van der Waals surface area contributed by atoms with Gasteiger partial charge in [-0.05, 0) is 12.1 Å². The molecule has 0 unspecified atom stereocenters. The van der Waals surface area contributed by atoms with Crippen molar-refractivity contribution in [2.75, 3.05) is 6.61 Å². The highest BCUT2D eigenvalue weighted by Gasteiger charge is 2.21. The Morgan fingerprint density at radius 2 is 2.16 bits per heavy atom. The Morgan fingerprint density at radius 1 is 1.53 bits per heavy atom. The minimum atomic E-state index is -4.22. The van der Waals surface area contributed by atoms with Gasteiger partial charge in [0.25, 0.3) is 10.0 Å². The molecule has 0 fully saturated rings. The number of nitro groups is 1. The predicted octanol–water partition coefficient (Wildman–Crippen LogP) is -1.00. The maximum absolute atomic E-state index is 11.6. The highest BCUT2D eigenvalue weighted by molar-refractivity contribution is 7.89. The highest BCUT2D eigenvalue weighted by atomic mass is 32.2. The average Bonchev–Trinajstić information content (AvgIpc) is 2.27. The Labute approximate surface area is 106 Å². The van der Waals surface area contributed by atoms with Crippen LogP contribution >= 0.6 is 0 Å². The molecule has 11 heteroatoms. The molecule has 0 radical (unpaired) electrons. The molecule has 1 aromatic rings. The van der Waals surface area contributed by atoms with Crippen molar-refractivity contribution < 1.29 is 28.1 Å². The van der Waals surface area contributed by atoms with Crippen molar-refractivity contribution in [2.45, 2.75) is 4.90 Å². The number of amides is 1. The van der Waals surface area contributed by atoms with E-state index < -0.39 is 43.8 Å². The van der Waals surface area contributed by atoms with Crippen LogP contribution in [0.15, 0.2) is 23.1 Å². The molecule has 104 valence electrons. The minimum Gasteiger partial charge on any atom is -0.502 e. The number of phenolic OH excluding ortho intramolecular Hbond substituents is 1. The van der Waals surface area contributed by atoms with Crippen LogP contribution in [0.25, 0.3) is 0 Å². The van der Waals surface area contributed by atoms with E-state index in [1.54, 1.807) is 4.89 Å². The van der Waals surface area contributed by atoms with Gasteiger partial charge < -0.3 is 10.8 Å². The number of primary amides is 1. The third kappa shape index (κ3) is 3.87. The monoisotopic (exact) mass is 291 g/mol. The Hall–Kier alpha value is -2.24. The largest absolute Gasteiger partial charge is 0.502 e. The van der Waals surface area contributed by atoms with Crippen LogP contribution in [0.3, 0.4) is 0 Å². The molecule has 1 aromatic carbocycles. The fourth-order valence-corrected chi connectivity index (χ4v) is 1.87. The SMILES string of the molecule is NC(=O)CONS(=O)(=O)c1ccc(O)c([N+](=O)[O-])c1. The van der Waals surface area contributed by atoms with Gasteiger partial charge in [0.05, 0.1) is 9.82 Å². The van der Waals surface area contributed by atoms with Gasteiger partial charge in [-0.3, -0.25) is 19.7 Å². The van der Waals surface area contributed by atoms with E-state index >= 15 is 0 Å². The molecule has 0 aliphatic heterocycles. The summed E-state index contributed by atoms with van der Waals surface area (Å²) in [7, 11) is -4.22. The summed E-state index contributed by atoms with van der Waals surface area (Å²) in [5, 5.41) is 19.7. The average molecular weight is 291 g/mol. The van der Waals surface area contributed by atoms with Crippen LogP contribution in [0.4, 0.5) is 5.69 Å². The molecule has 0 aliphatic rings. The van der Waals surface area contributed by atoms with Crippen molar-refractivity contribution in [3.05, 3.63) is 28.3 Å². The minimum absolute atomic E-state index is 0.513. The number of hydrogen-bond donors (Lipinski definition) is 3. The van der Waals surface area contributed by atoms with E-state index in [1.165, 1.54) is 0 Å². The summed E-state index contributed by atoms with van der Waals surface area (Å²) in [4.78, 5) is 25.3. The van der Waals surface area contributed by atoms with Crippen LogP contribution in [0.5, 0.6) is 5.75 Å². The third-order valence-corrected chi connectivity index (χ3v) is 3.05. The van der Waals surface area contributed by atoms with E-state index in [0.29, 0.717) is 6.07 Å². The molecule has 0 aromatic heterocycles. The van der Waals surface area contributed by atoms with Gasteiger partial charge in [-0.25, -0.2) is 8.42 Å². The van der Waals surface area contributed by atoms with E-state index in [0.717, 1.165) is 12.1 Å². The van der Waals surface area contributed by atoms with E-state index in [9.17, 15) is 28.4 Å². The summed E-state index contributed by atoms with van der Waals surface area (Å²) in [5.74, 6) is -1.58. The Morgan fingerprint density at radius 3 is 2.68 bits per heavy atom. The smallest absolute Gasteiger partial charge is 0.312 e. The summed E-state index contributed by atoms with van der Waals surface area (Å²) in [6.45, 7) is -0.695. The van der Waals surface area contributed by atoms with Gasteiger partial charge in [0.2, 0.25) is 5.91 Å². The van der Waals surface area contributed by atoms with Gasteiger partial charge in [-0.1, -0.05) is 4.89 Å². The van der Waals surface area contributed by atoms with Crippen LogP contribution in [0.1, 0.15) is 0 Å². The predicted molar refractivity (Wildman–Crippen MR) is 60.2 cm³/mol. The molecule has 19 heavy (non-hydrogen) atoms. The van der Waals surface area contributed by atoms with Gasteiger partial charge in [-0.15, -0.1) is 0 Å². The molecule has 0 atom stereocenters. The van der Waals surface area contributed by atoms with E-state index in [-0.39, 0.29) is 0 Å². The Kier molecular flexibility index (Phi) is 4.37. The maximum atomic E-state index is 11.6. The zero-order valence-corrected chi connectivity index (χ0v) is 10.1. The van der Waals surface area contributed by atoms with Crippen LogP contribution < -0.4 is 10.6 Å². The molecular weight excluding hydrogens is 282 g/mol. The first-order chi connectivity index (χ1) is 8.74. The molecule has 1 rings (SSSR count). The van der Waals surface area contributed by atoms with E-state index in [4.69, 9.17) is 5.73 Å². The first-order valence-corrected chi connectivity index (χ1v) is 6.11. The molecule has 0 saturated heterocycles. The summed E-state index contributed by atoms with van der Waals surface area (Å²) in [6, 6.07) is 2.42. The van der Waals surface area contributed by atoms with Crippen molar-refractivity contribution in [1.29, 1.82) is 0 Å². The number of nitrogens with zero attached hydrogens (tertiary/aromatic N) is 1. The second-order valence-corrected chi connectivity index (χ2v) is 4.89. The zero-order valence-electron chi connectivity index (χ0n) is 9.27. The van der Waals surface area contributed by atoms with Gasteiger partial charge in [-0.2, -0.15) is 0 Å². The number of sulfonamides is 1. The maximum Gasteiger partial charge on any atom is 0.312 e. The topological polar surface area (TPSA) is 162 Å². The lowest BCUT2D eigenvalue weighted by Crippen LogP contribution is -2.29. The number of nitro benzene ring substituents is 1. The molecule has 0 aliphatic carbocycles. The molecule has 10 nitrogen and oxygen atoms in total. The third-order valence-electron chi connectivity index (χ3n) is 1.84. The number of hydrogen-bond acceptors (Lipinski definition) is 7. The lowest BCUT2D eigenvalue weighted by Gasteiger charge is -2.06. The molecule has 0 saturated carbocycles. The van der Waals surface area contributed by atoms with Crippen molar-refractivity contribution in [1.82, 2.24) is 4.89 Å². The van der Waals surface area contributed by atoms with Crippen LogP contribution in [-0.4, -0.2) is 31.0 Å². The van der Waals surface area contributed by atoms with Crippen molar-refractivity contribution >= 4 is 21.6 Å². The summed E-state index contributed by atoms with van der Waals surface area (Å²) in [5.41, 5.74) is 3.94. The van der Waals surface area contributed by atoms with Gasteiger partial charge in [0.1, 0.15) is 6.61 Å². The number of aromatic hydroxyl groups is 1. The number of carbonyl (C=O) groups is 1. The lowest BCUT2D eigenvalue weighted by atomic mass is 10.3. The Bertz CT molecular complexity index is 613. The molecule has 1 amide bonds. The number of benzene rings is 1. The van der Waals surface area contributed by atoms with Gasteiger partial charge in [0.15, 0.2) is 5.75 Å². The first-order valence-electron chi connectivity index (χ1n) is 4.63. The molecule has 0 spiro atoms. The summed E-state index contributed by atoms with van der Waals surface area (Å²) in [6.07, 6.45) is 0. The summed E-state index contributed by atoms with van der Waals surface area (Å²) >= 11 is 0. The van der Waals surface area contributed by atoms with Crippen LogP contribution in [-0.2, 0) is 19.7 Å². The number of rotatable bonds is 6. The fraction of sp³-hybridized carbons (Fsp3) is 0.125. The molecule has 0 bridgehead atoms. The van der Waals surface area contributed by atoms with E-state index in [2.05, 4.69) is 4.84 Å². The summed E-state index contributed by atoms with van der Waals surface area (Å²) < 4.78 is 23.2. The van der Waals surface area contributed by atoms with Crippen molar-refractivity contribution in [3.8, 4) is 5.75 Å². The molecule has 4 N–H and O–H groups in total. The normalized spacial score (nSPS) is 11.2. The first kappa shape index (κ1) is 14.8. The fourth-order valence-electron chi connectivity index (χ4n) is 1.04. The van der Waals surface area contributed by atoms with Crippen LogP contribution in [0, 0.1) is 10.1 Å². The highest BCUT2D eigenvalue weighted by Crippen LogP contribution is 2.27. The number of carbonyl (C=O) groups excluding carboxylic acids is 1. The second-order valence-electron chi connectivity index (χ2n) is 3.25. The van der Waals surface area contributed by atoms with E-state index in [1.807, 2.05) is 0 Å². The zero-order chi connectivity index (χ0) is 14.6. The number of phenols is 1. The van der Waals surface area contributed by atoms with Crippen LogP contribution in [0.2, 0.25) is 0 Å². The number of nitrogens with two attached hydrogens (primary N) is 1. The Balaban J connectivity index is 2.99. The van der Waals surface area contributed by atoms with Gasteiger partial charge >= 0.3 is 5.69 Å². The number of nitrogens with one attached hydrogen (secondary N) is 1. The lowest BCUT2D eigenvalue weighted by molar-refractivity contribution is -0.386. The standard InChI is InChI=1S/C8H9N3O7S/c9-8(13)4-18-10-19(16,17)5-1-2-7(12)6(3-5)11(14)15/h1-3,10,12H,4H2,(H2,9,13). The second kappa shape index (κ2) is 5.60. The van der Waals surface area contributed by atoms with Crippen molar-refractivity contribution in [2.24, 2.45) is 5.73 Å². The molecule has 0 heterocycles. The van der Waals surface area contributed by atoms with Gasteiger partial charge in [0, 0.05) is 6.07 Å². The molecular formula is C8H9N3O7S.